The number of nitrogens with one attached hydrogen (secondary N) is 1. The Kier molecular flexibility index (Phi) is 3.31. The first-order valence-electron chi connectivity index (χ1n) is 6.41. The average molecular weight is 266 g/mol. The van der Waals surface area contributed by atoms with Gasteiger partial charge in [-0.1, -0.05) is 12.1 Å². The van der Waals surface area contributed by atoms with Gasteiger partial charge in [0, 0.05) is 41.5 Å². The Labute approximate surface area is 116 Å². The van der Waals surface area contributed by atoms with Gasteiger partial charge in [-0.2, -0.15) is 0 Å². The number of hydrogen-bond donors (Lipinski definition) is 2. The topological polar surface area (TPSA) is 66.0 Å². The third-order valence-corrected chi connectivity index (χ3v) is 3.32. The van der Waals surface area contributed by atoms with E-state index in [1.807, 2.05) is 30.3 Å². The van der Waals surface area contributed by atoms with Gasteiger partial charge in [0.2, 0.25) is 0 Å². The molecule has 2 heterocycles. The second-order valence-corrected chi connectivity index (χ2v) is 4.70. The first kappa shape index (κ1) is 12.6. The fraction of sp³-hybridized carbons (Fsp3) is 0.125. The molecule has 0 bridgehead atoms. The van der Waals surface area contributed by atoms with E-state index in [4.69, 9.17) is 0 Å². The lowest BCUT2D eigenvalue weighted by Gasteiger charge is -2.01. The van der Waals surface area contributed by atoms with Crippen molar-refractivity contribution in [3.63, 3.8) is 0 Å². The van der Waals surface area contributed by atoms with Gasteiger partial charge in [-0.05, 0) is 29.3 Å². The van der Waals surface area contributed by atoms with Gasteiger partial charge in [0.25, 0.3) is 0 Å². The first-order valence-corrected chi connectivity index (χ1v) is 6.41. The summed E-state index contributed by atoms with van der Waals surface area (Å²) in [6, 6.07) is 9.28. The van der Waals surface area contributed by atoms with Gasteiger partial charge in [-0.25, -0.2) is 0 Å². The highest BCUT2D eigenvalue weighted by molar-refractivity contribution is 6.08. The van der Waals surface area contributed by atoms with Crippen LogP contribution in [-0.4, -0.2) is 20.9 Å². The van der Waals surface area contributed by atoms with Gasteiger partial charge >= 0.3 is 0 Å². The number of H-pyrrole nitrogens is 1. The molecule has 1 aromatic carbocycles. The number of benzene rings is 1. The van der Waals surface area contributed by atoms with E-state index in [0.29, 0.717) is 12.0 Å². The molecule has 0 saturated heterocycles. The summed E-state index contributed by atoms with van der Waals surface area (Å²) in [5.41, 5.74) is 3.24. The Morgan fingerprint density at radius 2 is 2.15 bits per heavy atom. The number of aromatic nitrogens is 2. The van der Waals surface area contributed by atoms with Crippen LogP contribution in [-0.2, 0) is 13.0 Å². The molecule has 0 aliphatic carbocycles. The van der Waals surface area contributed by atoms with Crippen LogP contribution in [0.15, 0.2) is 48.9 Å². The second-order valence-electron chi connectivity index (χ2n) is 4.70. The molecule has 0 unspecified atom stereocenters. The largest absolute Gasteiger partial charge is 0.392 e. The molecule has 0 radical (unpaired) electrons. The minimum Gasteiger partial charge on any atom is -0.392 e. The van der Waals surface area contributed by atoms with E-state index in [2.05, 4.69) is 9.97 Å². The van der Waals surface area contributed by atoms with Gasteiger partial charge in [0.15, 0.2) is 5.78 Å². The predicted octanol–water partition coefficient (Wildman–Crippen LogP) is 2.48. The maximum Gasteiger partial charge on any atom is 0.169 e. The molecule has 0 spiro atoms. The quantitative estimate of drug-likeness (QED) is 0.713. The molecule has 4 nitrogen and oxygen atoms in total. The SMILES string of the molecule is O=C(Cc1cccnc1)c1c[nH]c2ccc(CO)cc12. The fourth-order valence-electron chi connectivity index (χ4n) is 2.28. The van der Waals surface area contributed by atoms with Crippen molar-refractivity contribution in [1.29, 1.82) is 0 Å². The van der Waals surface area contributed by atoms with Crippen molar-refractivity contribution >= 4 is 16.7 Å². The molecule has 0 aliphatic heterocycles. The van der Waals surface area contributed by atoms with Crippen LogP contribution in [0.4, 0.5) is 0 Å². The van der Waals surface area contributed by atoms with E-state index in [1.54, 1.807) is 18.6 Å². The Morgan fingerprint density at radius 3 is 2.90 bits per heavy atom. The number of Topliss-reactive ketones (excluding diaryl/α,β-unsaturated/α-hetero) is 1. The van der Waals surface area contributed by atoms with Crippen molar-refractivity contribution in [3.05, 3.63) is 65.6 Å². The van der Waals surface area contributed by atoms with Gasteiger partial charge < -0.3 is 10.1 Å². The van der Waals surface area contributed by atoms with E-state index in [0.717, 1.165) is 22.0 Å². The number of hydrogen-bond acceptors (Lipinski definition) is 3. The van der Waals surface area contributed by atoms with Crippen molar-refractivity contribution in [1.82, 2.24) is 9.97 Å². The Morgan fingerprint density at radius 1 is 1.25 bits per heavy atom. The molecular formula is C16H14N2O2. The monoisotopic (exact) mass is 266 g/mol. The molecule has 3 rings (SSSR count). The summed E-state index contributed by atoms with van der Waals surface area (Å²) in [6.07, 6.45) is 5.44. The van der Waals surface area contributed by atoms with Crippen LogP contribution in [0.3, 0.4) is 0 Å². The standard InChI is InChI=1S/C16H14N2O2/c19-10-12-3-4-15-13(6-12)14(9-18-15)16(20)7-11-2-1-5-17-8-11/h1-6,8-9,18-19H,7,10H2. The molecule has 4 heteroatoms. The van der Waals surface area contributed by atoms with Gasteiger partial charge in [-0.15, -0.1) is 0 Å². The Hall–Kier alpha value is -2.46. The maximum absolute atomic E-state index is 12.4. The molecule has 2 N–H and O–H groups in total. The molecule has 2 aromatic heterocycles. The first-order chi connectivity index (χ1) is 9.78. The summed E-state index contributed by atoms with van der Waals surface area (Å²) in [5.74, 6) is 0.0411. The minimum atomic E-state index is -0.0304. The zero-order valence-corrected chi connectivity index (χ0v) is 10.8. The highest BCUT2D eigenvalue weighted by Gasteiger charge is 2.13. The average Bonchev–Trinajstić information content (AvgIpc) is 2.91. The lowest BCUT2D eigenvalue weighted by atomic mass is 10.0. The number of fused-ring (bicyclic) bond motifs is 1. The number of carbonyl (C=O) groups is 1. The van der Waals surface area contributed by atoms with Crippen LogP contribution in [0.25, 0.3) is 10.9 Å². The summed E-state index contributed by atoms with van der Waals surface area (Å²) in [6.45, 7) is -0.0304. The molecular weight excluding hydrogens is 252 g/mol. The number of nitrogens with zero attached hydrogens (tertiary/aromatic N) is 1. The van der Waals surface area contributed by atoms with Crippen molar-refractivity contribution in [2.24, 2.45) is 0 Å². The van der Waals surface area contributed by atoms with E-state index in [-0.39, 0.29) is 12.4 Å². The maximum atomic E-state index is 12.4. The van der Waals surface area contributed by atoms with E-state index < -0.39 is 0 Å². The molecule has 100 valence electrons. The smallest absolute Gasteiger partial charge is 0.169 e. The van der Waals surface area contributed by atoms with Gasteiger partial charge in [-0.3, -0.25) is 9.78 Å². The molecule has 0 saturated carbocycles. The Balaban J connectivity index is 1.95. The molecule has 0 fully saturated rings. The van der Waals surface area contributed by atoms with Crippen LogP contribution in [0.2, 0.25) is 0 Å². The fourth-order valence-corrected chi connectivity index (χ4v) is 2.28. The van der Waals surface area contributed by atoms with Crippen molar-refractivity contribution in [2.45, 2.75) is 13.0 Å². The number of aliphatic hydroxyl groups excluding tert-OH is 1. The number of pyridine rings is 1. The zero-order valence-electron chi connectivity index (χ0n) is 10.8. The summed E-state index contributed by atoms with van der Waals surface area (Å²) in [7, 11) is 0. The lowest BCUT2D eigenvalue weighted by molar-refractivity contribution is 0.0994. The third-order valence-electron chi connectivity index (χ3n) is 3.32. The van der Waals surface area contributed by atoms with Crippen LogP contribution < -0.4 is 0 Å². The number of carbonyl (C=O) groups excluding carboxylic acids is 1. The third kappa shape index (κ3) is 2.33. The molecule has 0 amide bonds. The summed E-state index contributed by atoms with van der Waals surface area (Å²) in [4.78, 5) is 19.5. The molecule has 20 heavy (non-hydrogen) atoms. The molecule has 3 aromatic rings. The highest BCUT2D eigenvalue weighted by atomic mass is 16.3. The van der Waals surface area contributed by atoms with Crippen LogP contribution >= 0.6 is 0 Å². The zero-order chi connectivity index (χ0) is 13.9. The van der Waals surface area contributed by atoms with Crippen molar-refractivity contribution < 1.29 is 9.90 Å². The molecule has 0 atom stereocenters. The Bertz CT molecular complexity index is 748. The second kappa shape index (κ2) is 5.27. The normalized spacial score (nSPS) is 10.8. The van der Waals surface area contributed by atoms with Crippen LogP contribution in [0.1, 0.15) is 21.5 Å². The summed E-state index contributed by atoms with van der Waals surface area (Å²) >= 11 is 0. The summed E-state index contributed by atoms with van der Waals surface area (Å²) in [5, 5.41) is 10.0. The van der Waals surface area contributed by atoms with E-state index >= 15 is 0 Å². The van der Waals surface area contributed by atoms with Crippen LogP contribution in [0, 0.1) is 0 Å². The number of rotatable bonds is 4. The van der Waals surface area contributed by atoms with E-state index in [9.17, 15) is 9.90 Å². The van der Waals surface area contributed by atoms with E-state index in [1.165, 1.54) is 0 Å². The number of aromatic amines is 1. The number of ketones is 1. The minimum absolute atomic E-state index is 0.0304. The number of aliphatic hydroxyl groups is 1. The van der Waals surface area contributed by atoms with Crippen molar-refractivity contribution in [3.8, 4) is 0 Å². The highest BCUT2D eigenvalue weighted by Crippen LogP contribution is 2.21. The van der Waals surface area contributed by atoms with Gasteiger partial charge in [0.05, 0.1) is 6.61 Å². The predicted molar refractivity (Wildman–Crippen MR) is 76.5 cm³/mol. The van der Waals surface area contributed by atoms with Crippen LogP contribution in [0.5, 0.6) is 0 Å². The lowest BCUT2D eigenvalue weighted by Crippen LogP contribution is -2.03. The van der Waals surface area contributed by atoms with Gasteiger partial charge in [0.1, 0.15) is 0 Å². The molecule has 0 aliphatic rings. The van der Waals surface area contributed by atoms with Crippen molar-refractivity contribution in [2.75, 3.05) is 0 Å². The summed E-state index contributed by atoms with van der Waals surface area (Å²) < 4.78 is 0.